The molecule has 0 radical (unpaired) electrons. The van der Waals surface area contributed by atoms with E-state index >= 15 is 0 Å². The van der Waals surface area contributed by atoms with Gasteiger partial charge in [-0.15, -0.1) is 0 Å². The number of nitrogens with one attached hydrogen (secondary N) is 1. The Balaban J connectivity index is 2.76. The van der Waals surface area contributed by atoms with Crippen LogP contribution in [0.15, 0.2) is 12.1 Å². The molecule has 88 valence electrons. The Morgan fingerprint density at radius 1 is 1.62 bits per heavy atom. The van der Waals surface area contributed by atoms with Gasteiger partial charge in [0.15, 0.2) is 0 Å². The standard InChI is InChI=1S/C10H13ClN2O3/c1-6(5-14)4-12-9-3-7(10(15)16)2-8(11)13-9/h2-3,6,14H,4-5H2,1H3,(H,12,13)(H,15,16). The smallest absolute Gasteiger partial charge is 0.335 e. The van der Waals surface area contributed by atoms with E-state index in [9.17, 15) is 4.79 Å². The summed E-state index contributed by atoms with van der Waals surface area (Å²) in [4.78, 5) is 14.7. The van der Waals surface area contributed by atoms with Gasteiger partial charge in [-0.2, -0.15) is 0 Å². The molecule has 0 aliphatic carbocycles. The number of halogens is 1. The van der Waals surface area contributed by atoms with E-state index in [0.717, 1.165) is 0 Å². The molecule has 1 unspecified atom stereocenters. The minimum atomic E-state index is -1.05. The fourth-order valence-corrected chi connectivity index (χ4v) is 1.26. The van der Waals surface area contributed by atoms with Crippen molar-refractivity contribution in [3.63, 3.8) is 0 Å². The van der Waals surface area contributed by atoms with Crippen LogP contribution in [0.25, 0.3) is 0 Å². The Morgan fingerprint density at radius 3 is 2.88 bits per heavy atom. The first-order chi connectivity index (χ1) is 7.52. The molecular formula is C10H13ClN2O3. The lowest BCUT2D eigenvalue weighted by Crippen LogP contribution is -2.15. The zero-order chi connectivity index (χ0) is 12.1. The van der Waals surface area contributed by atoms with Gasteiger partial charge >= 0.3 is 5.97 Å². The predicted octanol–water partition coefficient (Wildman–Crippen LogP) is 1.47. The highest BCUT2D eigenvalue weighted by Gasteiger charge is 2.08. The Kier molecular flexibility index (Phi) is 4.52. The van der Waals surface area contributed by atoms with Gasteiger partial charge in [-0.25, -0.2) is 9.78 Å². The molecule has 0 saturated heterocycles. The van der Waals surface area contributed by atoms with E-state index in [-0.39, 0.29) is 23.2 Å². The average Bonchev–Trinajstić information content (AvgIpc) is 2.25. The number of aliphatic hydroxyl groups excluding tert-OH is 1. The van der Waals surface area contributed by atoms with Crippen LogP contribution in [0.3, 0.4) is 0 Å². The highest BCUT2D eigenvalue weighted by molar-refractivity contribution is 6.29. The van der Waals surface area contributed by atoms with Gasteiger partial charge in [-0.3, -0.25) is 0 Å². The van der Waals surface area contributed by atoms with Crippen molar-refractivity contribution >= 4 is 23.4 Å². The van der Waals surface area contributed by atoms with Crippen molar-refractivity contribution in [2.24, 2.45) is 5.92 Å². The van der Waals surface area contributed by atoms with Crippen LogP contribution >= 0.6 is 11.6 Å². The average molecular weight is 245 g/mol. The van der Waals surface area contributed by atoms with Crippen LogP contribution < -0.4 is 5.32 Å². The maximum atomic E-state index is 10.7. The molecule has 0 saturated carbocycles. The molecule has 6 heteroatoms. The summed E-state index contributed by atoms with van der Waals surface area (Å²) in [5.41, 5.74) is 0.0825. The van der Waals surface area contributed by atoms with Crippen molar-refractivity contribution in [3.8, 4) is 0 Å². The fourth-order valence-electron chi connectivity index (χ4n) is 1.05. The number of carboxylic acids is 1. The number of hydrogen-bond acceptors (Lipinski definition) is 4. The van der Waals surface area contributed by atoms with Crippen LogP contribution in [-0.2, 0) is 0 Å². The van der Waals surface area contributed by atoms with Gasteiger partial charge in [0.05, 0.1) is 5.56 Å². The van der Waals surface area contributed by atoms with E-state index in [1.807, 2.05) is 6.92 Å². The van der Waals surface area contributed by atoms with E-state index in [4.69, 9.17) is 21.8 Å². The second kappa shape index (κ2) is 5.67. The maximum Gasteiger partial charge on any atom is 0.335 e. The van der Waals surface area contributed by atoms with Crippen molar-refractivity contribution in [2.75, 3.05) is 18.5 Å². The number of rotatable bonds is 5. The van der Waals surface area contributed by atoms with Crippen LogP contribution in [0, 0.1) is 5.92 Å². The lowest BCUT2D eigenvalue weighted by Gasteiger charge is -2.10. The second-order valence-electron chi connectivity index (χ2n) is 3.54. The number of carboxylic acid groups (broad SMARTS) is 1. The van der Waals surface area contributed by atoms with Gasteiger partial charge in [-0.05, 0) is 18.1 Å². The third-order valence-corrected chi connectivity index (χ3v) is 2.18. The quantitative estimate of drug-likeness (QED) is 0.684. The Labute approximate surface area is 98.1 Å². The lowest BCUT2D eigenvalue weighted by atomic mass is 10.2. The summed E-state index contributed by atoms with van der Waals surface area (Å²) in [5.74, 6) is -0.596. The van der Waals surface area contributed by atoms with Crippen LogP contribution in [-0.4, -0.2) is 34.3 Å². The first kappa shape index (κ1) is 12.7. The molecule has 0 aliphatic heterocycles. The van der Waals surface area contributed by atoms with Crippen molar-refractivity contribution < 1.29 is 15.0 Å². The first-order valence-electron chi connectivity index (χ1n) is 4.78. The molecule has 0 spiro atoms. The number of pyridine rings is 1. The Hall–Kier alpha value is -1.33. The summed E-state index contributed by atoms with van der Waals surface area (Å²) in [6, 6.07) is 2.68. The third kappa shape index (κ3) is 3.67. The number of hydrogen-bond donors (Lipinski definition) is 3. The van der Waals surface area contributed by atoms with Gasteiger partial charge < -0.3 is 15.5 Å². The Morgan fingerprint density at radius 2 is 2.31 bits per heavy atom. The molecule has 3 N–H and O–H groups in total. The number of anilines is 1. The van der Waals surface area contributed by atoms with Crippen LogP contribution in [0.2, 0.25) is 5.15 Å². The van der Waals surface area contributed by atoms with E-state index < -0.39 is 5.97 Å². The summed E-state index contributed by atoms with van der Waals surface area (Å²) in [7, 11) is 0. The molecule has 1 rings (SSSR count). The lowest BCUT2D eigenvalue weighted by molar-refractivity contribution is 0.0697. The zero-order valence-electron chi connectivity index (χ0n) is 8.77. The van der Waals surface area contributed by atoms with Crippen molar-refractivity contribution in [1.82, 2.24) is 4.98 Å². The highest BCUT2D eigenvalue weighted by atomic mass is 35.5. The molecule has 1 atom stereocenters. The topological polar surface area (TPSA) is 82.5 Å². The molecule has 16 heavy (non-hydrogen) atoms. The molecule has 1 heterocycles. The highest BCUT2D eigenvalue weighted by Crippen LogP contribution is 2.14. The summed E-state index contributed by atoms with van der Waals surface area (Å²) in [6.45, 7) is 2.41. The fraction of sp³-hybridized carbons (Fsp3) is 0.400. The van der Waals surface area contributed by atoms with Gasteiger partial charge in [0, 0.05) is 13.2 Å². The van der Waals surface area contributed by atoms with Crippen LogP contribution in [0.4, 0.5) is 5.82 Å². The molecule has 1 aromatic rings. The van der Waals surface area contributed by atoms with Crippen molar-refractivity contribution in [2.45, 2.75) is 6.92 Å². The minimum absolute atomic E-state index is 0.0549. The van der Waals surface area contributed by atoms with Gasteiger partial charge in [-0.1, -0.05) is 18.5 Å². The second-order valence-corrected chi connectivity index (χ2v) is 3.92. The maximum absolute atomic E-state index is 10.7. The number of carbonyl (C=O) groups is 1. The zero-order valence-corrected chi connectivity index (χ0v) is 9.53. The van der Waals surface area contributed by atoms with Crippen LogP contribution in [0.5, 0.6) is 0 Å². The predicted molar refractivity (Wildman–Crippen MR) is 60.9 cm³/mol. The van der Waals surface area contributed by atoms with Crippen molar-refractivity contribution in [1.29, 1.82) is 0 Å². The number of aromatic nitrogens is 1. The van der Waals surface area contributed by atoms with Gasteiger partial charge in [0.1, 0.15) is 11.0 Å². The summed E-state index contributed by atoms with van der Waals surface area (Å²) in [6.07, 6.45) is 0. The number of aliphatic hydroxyl groups is 1. The number of nitrogens with zero attached hydrogens (tertiary/aromatic N) is 1. The summed E-state index contributed by atoms with van der Waals surface area (Å²) < 4.78 is 0. The molecular weight excluding hydrogens is 232 g/mol. The monoisotopic (exact) mass is 244 g/mol. The summed E-state index contributed by atoms with van der Waals surface area (Å²) >= 11 is 5.68. The van der Waals surface area contributed by atoms with E-state index in [1.165, 1.54) is 12.1 Å². The van der Waals surface area contributed by atoms with E-state index in [2.05, 4.69) is 10.3 Å². The van der Waals surface area contributed by atoms with Gasteiger partial charge in [0.25, 0.3) is 0 Å². The SMILES string of the molecule is CC(CO)CNc1cc(C(=O)O)cc(Cl)n1. The molecule has 0 bridgehead atoms. The Bertz CT molecular complexity index is 384. The molecule has 5 nitrogen and oxygen atoms in total. The first-order valence-corrected chi connectivity index (χ1v) is 5.16. The normalized spacial score (nSPS) is 12.2. The van der Waals surface area contributed by atoms with E-state index in [0.29, 0.717) is 12.4 Å². The molecule has 1 aromatic heterocycles. The minimum Gasteiger partial charge on any atom is -0.478 e. The van der Waals surface area contributed by atoms with Gasteiger partial charge in [0.2, 0.25) is 0 Å². The largest absolute Gasteiger partial charge is 0.478 e. The number of aromatic carboxylic acids is 1. The van der Waals surface area contributed by atoms with Crippen LogP contribution in [0.1, 0.15) is 17.3 Å². The van der Waals surface area contributed by atoms with Crippen molar-refractivity contribution in [3.05, 3.63) is 22.8 Å². The molecule has 0 fully saturated rings. The molecule has 0 amide bonds. The molecule has 0 aliphatic rings. The van der Waals surface area contributed by atoms with E-state index in [1.54, 1.807) is 0 Å². The third-order valence-electron chi connectivity index (χ3n) is 1.98. The molecule has 0 aromatic carbocycles. The summed E-state index contributed by atoms with van der Waals surface area (Å²) in [5, 5.41) is 20.7.